The molecule has 2 aromatic carbocycles. The lowest BCUT2D eigenvalue weighted by Crippen LogP contribution is -2.08. The number of hydrogen-bond donors (Lipinski definition) is 1. The molecule has 0 aliphatic rings. The fourth-order valence-corrected chi connectivity index (χ4v) is 2.16. The lowest BCUT2D eigenvalue weighted by atomic mass is 10.1. The Kier molecular flexibility index (Phi) is 5.63. The fraction of sp³-hybridized carbons (Fsp3) is 0.333. The Bertz CT molecular complexity index is 493. The van der Waals surface area contributed by atoms with Gasteiger partial charge >= 0.3 is 0 Å². The summed E-state index contributed by atoms with van der Waals surface area (Å²) in [5.74, 6) is 0.921. The molecule has 0 bridgehead atoms. The van der Waals surface area contributed by atoms with E-state index in [9.17, 15) is 0 Å². The lowest BCUT2D eigenvalue weighted by molar-refractivity contribution is 0.311. The molecule has 0 saturated carbocycles. The van der Waals surface area contributed by atoms with Crippen molar-refractivity contribution in [3.63, 3.8) is 0 Å². The minimum atomic E-state index is 0.127. The first-order chi connectivity index (χ1) is 9.79. The van der Waals surface area contributed by atoms with Crippen LogP contribution in [-0.4, -0.2) is 6.61 Å². The third-order valence-electron chi connectivity index (χ3n) is 3.47. The fourth-order valence-electron chi connectivity index (χ4n) is 2.16. The van der Waals surface area contributed by atoms with Crippen LogP contribution in [0.4, 0.5) is 0 Å². The van der Waals surface area contributed by atoms with Crippen LogP contribution in [0.1, 0.15) is 36.9 Å². The summed E-state index contributed by atoms with van der Waals surface area (Å²) in [6, 6.07) is 18.8. The first-order valence-corrected chi connectivity index (χ1v) is 7.32. The Morgan fingerprint density at radius 2 is 1.70 bits per heavy atom. The third-order valence-corrected chi connectivity index (χ3v) is 3.47. The number of nitrogens with two attached hydrogens (primary N) is 1. The van der Waals surface area contributed by atoms with E-state index >= 15 is 0 Å². The maximum Gasteiger partial charge on any atom is 0.119 e. The van der Waals surface area contributed by atoms with Gasteiger partial charge in [0.25, 0.3) is 0 Å². The molecule has 0 aromatic heterocycles. The molecule has 0 aliphatic carbocycles. The second-order valence-corrected chi connectivity index (χ2v) is 5.02. The number of benzene rings is 2. The number of rotatable bonds is 7. The van der Waals surface area contributed by atoms with Crippen LogP contribution < -0.4 is 10.5 Å². The first-order valence-electron chi connectivity index (χ1n) is 7.32. The Hall–Kier alpha value is -1.80. The van der Waals surface area contributed by atoms with E-state index < -0.39 is 0 Å². The van der Waals surface area contributed by atoms with E-state index in [1.807, 2.05) is 18.2 Å². The molecule has 106 valence electrons. The van der Waals surface area contributed by atoms with Crippen LogP contribution >= 0.6 is 0 Å². The van der Waals surface area contributed by atoms with Gasteiger partial charge in [-0.3, -0.25) is 0 Å². The molecule has 0 saturated heterocycles. The van der Waals surface area contributed by atoms with Gasteiger partial charge < -0.3 is 10.5 Å². The Morgan fingerprint density at radius 1 is 1.00 bits per heavy atom. The highest BCUT2D eigenvalue weighted by Crippen LogP contribution is 2.18. The molecule has 2 heteroatoms. The van der Waals surface area contributed by atoms with Crippen LogP contribution in [0.15, 0.2) is 54.6 Å². The molecule has 2 rings (SSSR count). The lowest BCUT2D eigenvalue weighted by Gasteiger charge is -2.11. The van der Waals surface area contributed by atoms with Crippen molar-refractivity contribution in [2.24, 2.45) is 5.73 Å². The second kappa shape index (κ2) is 7.71. The summed E-state index contributed by atoms with van der Waals surface area (Å²) in [5, 5.41) is 0. The Balaban J connectivity index is 1.74. The SMILES string of the molecule is CC[C@@H](N)c1ccc(OCCCc2ccccc2)cc1. The van der Waals surface area contributed by atoms with Crippen LogP contribution in [-0.2, 0) is 6.42 Å². The van der Waals surface area contributed by atoms with E-state index in [2.05, 4.69) is 43.3 Å². The average Bonchev–Trinajstić information content (AvgIpc) is 2.52. The zero-order valence-corrected chi connectivity index (χ0v) is 12.1. The molecule has 20 heavy (non-hydrogen) atoms. The first kappa shape index (κ1) is 14.6. The van der Waals surface area contributed by atoms with Gasteiger partial charge in [0.15, 0.2) is 0 Å². The maximum absolute atomic E-state index is 5.99. The summed E-state index contributed by atoms with van der Waals surface area (Å²) in [6.07, 6.45) is 3.04. The van der Waals surface area contributed by atoms with E-state index in [-0.39, 0.29) is 6.04 Å². The monoisotopic (exact) mass is 269 g/mol. The van der Waals surface area contributed by atoms with Gasteiger partial charge in [0, 0.05) is 6.04 Å². The summed E-state index contributed by atoms with van der Waals surface area (Å²) in [5.41, 5.74) is 8.52. The maximum atomic E-state index is 5.99. The highest BCUT2D eigenvalue weighted by Gasteiger charge is 2.02. The van der Waals surface area contributed by atoms with Gasteiger partial charge in [-0.1, -0.05) is 49.4 Å². The third kappa shape index (κ3) is 4.39. The van der Waals surface area contributed by atoms with Crippen LogP contribution in [0.25, 0.3) is 0 Å². The van der Waals surface area contributed by atoms with E-state index in [0.717, 1.165) is 31.6 Å². The van der Waals surface area contributed by atoms with E-state index in [1.165, 1.54) is 11.1 Å². The van der Waals surface area contributed by atoms with Gasteiger partial charge in [0.05, 0.1) is 6.61 Å². The summed E-state index contributed by atoms with van der Waals surface area (Å²) >= 11 is 0. The molecule has 0 spiro atoms. The van der Waals surface area contributed by atoms with Crippen LogP contribution in [0.3, 0.4) is 0 Å². The summed E-state index contributed by atoms with van der Waals surface area (Å²) in [7, 11) is 0. The van der Waals surface area contributed by atoms with Crippen LogP contribution in [0.5, 0.6) is 5.75 Å². The molecule has 0 fully saturated rings. The predicted molar refractivity (Wildman–Crippen MR) is 83.9 cm³/mol. The molecular weight excluding hydrogens is 246 g/mol. The van der Waals surface area contributed by atoms with Crippen molar-refractivity contribution in [2.45, 2.75) is 32.2 Å². The topological polar surface area (TPSA) is 35.2 Å². The van der Waals surface area contributed by atoms with Crippen LogP contribution in [0, 0.1) is 0 Å². The van der Waals surface area contributed by atoms with Gasteiger partial charge in [-0.05, 0) is 42.5 Å². The molecule has 0 aliphatic heterocycles. The number of aryl methyl sites for hydroxylation is 1. The van der Waals surface area contributed by atoms with E-state index in [0.29, 0.717) is 0 Å². The van der Waals surface area contributed by atoms with Crippen molar-refractivity contribution in [2.75, 3.05) is 6.61 Å². The minimum absolute atomic E-state index is 0.127. The summed E-state index contributed by atoms with van der Waals surface area (Å²) in [4.78, 5) is 0. The molecule has 2 aromatic rings. The molecule has 0 unspecified atom stereocenters. The van der Waals surface area contributed by atoms with Crippen molar-refractivity contribution >= 4 is 0 Å². The van der Waals surface area contributed by atoms with Crippen molar-refractivity contribution < 1.29 is 4.74 Å². The van der Waals surface area contributed by atoms with Crippen molar-refractivity contribution in [3.8, 4) is 5.75 Å². The molecular formula is C18H23NO. The largest absolute Gasteiger partial charge is 0.494 e. The van der Waals surface area contributed by atoms with Gasteiger partial charge in [-0.15, -0.1) is 0 Å². The molecule has 0 amide bonds. The Morgan fingerprint density at radius 3 is 2.35 bits per heavy atom. The highest BCUT2D eigenvalue weighted by atomic mass is 16.5. The van der Waals surface area contributed by atoms with Gasteiger partial charge in [0.1, 0.15) is 5.75 Å². The quantitative estimate of drug-likeness (QED) is 0.768. The van der Waals surface area contributed by atoms with Gasteiger partial charge in [-0.25, -0.2) is 0 Å². The van der Waals surface area contributed by atoms with Crippen molar-refractivity contribution in [1.82, 2.24) is 0 Å². The zero-order valence-electron chi connectivity index (χ0n) is 12.1. The van der Waals surface area contributed by atoms with Gasteiger partial charge in [-0.2, -0.15) is 0 Å². The van der Waals surface area contributed by atoms with Crippen molar-refractivity contribution in [1.29, 1.82) is 0 Å². The van der Waals surface area contributed by atoms with E-state index in [4.69, 9.17) is 10.5 Å². The Labute approximate surface area is 121 Å². The normalized spacial score (nSPS) is 12.1. The minimum Gasteiger partial charge on any atom is -0.494 e. The number of hydrogen-bond acceptors (Lipinski definition) is 2. The molecule has 1 atom stereocenters. The summed E-state index contributed by atoms with van der Waals surface area (Å²) < 4.78 is 5.76. The smallest absolute Gasteiger partial charge is 0.119 e. The van der Waals surface area contributed by atoms with Crippen molar-refractivity contribution in [3.05, 3.63) is 65.7 Å². The molecule has 0 radical (unpaired) electrons. The van der Waals surface area contributed by atoms with Gasteiger partial charge in [0.2, 0.25) is 0 Å². The molecule has 0 heterocycles. The predicted octanol–water partition coefficient (Wildman–Crippen LogP) is 4.11. The highest BCUT2D eigenvalue weighted by molar-refractivity contribution is 5.29. The molecule has 2 N–H and O–H groups in total. The van der Waals surface area contributed by atoms with E-state index in [1.54, 1.807) is 0 Å². The number of ether oxygens (including phenoxy) is 1. The standard InChI is InChI=1S/C18H23NO/c1-2-18(19)16-10-12-17(13-11-16)20-14-6-9-15-7-4-3-5-8-15/h3-5,7-8,10-13,18H,2,6,9,14,19H2,1H3/t18-/m1/s1. The van der Waals surface area contributed by atoms with Crippen LogP contribution in [0.2, 0.25) is 0 Å². The average molecular weight is 269 g/mol. The zero-order chi connectivity index (χ0) is 14.2. The summed E-state index contributed by atoms with van der Waals surface area (Å²) in [6.45, 7) is 2.84. The molecule has 2 nitrogen and oxygen atoms in total. The second-order valence-electron chi connectivity index (χ2n) is 5.02.